The standard InChI is InChI=1S/C19H20N4O4/c1-13-5-3-4-6-16(13)21-18(24)9-10-19(25)22-20-12-15-8-7-14(2)17(11-15)23(26)27/h3-8,11-12H,9-10H2,1-2H3,(H,21,24)(H,22,25). The largest absolute Gasteiger partial charge is 0.326 e. The number of nitro benzene ring substituents is 1. The molecule has 0 atom stereocenters. The zero-order valence-corrected chi connectivity index (χ0v) is 15.1. The van der Waals surface area contributed by atoms with Gasteiger partial charge in [-0.15, -0.1) is 0 Å². The average molecular weight is 368 g/mol. The summed E-state index contributed by atoms with van der Waals surface area (Å²) in [6.45, 7) is 3.52. The zero-order chi connectivity index (χ0) is 19.8. The van der Waals surface area contributed by atoms with Crippen LogP contribution < -0.4 is 10.7 Å². The normalized spacial score (nSPS) is 10.6. The highest BCUT2D eigenvalue weighted by Gasteiger charge is 2.10. The van der Waals surface area contributed by atoms with Crippen LogP contribution in [0.5, 0.6) is 0 Å². The van der Waals surface area contributed by atoms with Crippen LogP contribution in [-0.4, -0.2) is 23.0 Å². The van der Waals surface area contributed by atoms with Crippen molar-refractivity contribution in [1.29, 1.82) is 0 Å². The molecule has 0 bridgehead atoms. The predicted octanol–water partition coefficient (Wildman–Crippen LogP) is 3.08. The van der Waals surface area contributed by atoms with Gasteiger partial charge < -0.3 is 5.32 Å². The number of para-hydroxylation sites is 1. The lowest BCUT2D eigenvalue weighted by Gasteiger charge is -2.07. The molecule has 2 rings (SSSR count). The van der Waals surface area contributed by atoms with E-state index in [-0.39, 0.29) is 24.4 Å². The van der Waals surface area contributed by atoms with Gasteiger partial charge in [0.1, 0.15) is 0 Å². The summed E-state index contributed by atoms with van der Waals surface area (Å²) in [5, 5.41) is 17.4. The molecule has 0 heterocycles. The Hall–Kier alpha value is -3.55. The van der Waals surface area contributed by atoms with E-state index in [2.05, 4.69) is 15.8 Å². The summed E-state index contributed by atoms with van der Waals surface area (Å²) < 4.78 is 0. The number of hydrogen-bond acceptors (Lipinski definition) is 5. The van der Waals surface area contributed by atoms with Gasteiger partial charge in [-0.2, -0.15) is 5.10 Å². The number of carbonyl (C=O) groups excluding carboxylic acids is 2. The van der Waals surface area contributed by atoms with E-state index in [0.717, 1.165) is 5.56 Å². The minimum Gasteiger partial charge on any atom is -0.326 e. The topological polar surface area (TPSA) is 114 Å². The van der Waals surface area contributed by atoms with Crippen molar-refractivity contribution in [1.82, 2.24) is 5.43 Å². The van der Waals surface area contributed by atoms with Crippen molar-refractivity contribution >= 4 is 29.4 Å². The smallest absolute Gasteiger partial charge is 0.272 e. The van der Waals surface area contributed by atoms with Crippen LogP contribution in [0.3, 0.4) is 0 Å². The zero-order valence-electron chi connectivity index (χ0n) is 15.1. The highest BCUT2D eigenvalue weighted by molar-refractivity contribution is 5.94. The van der Waals surface area contributed by atoms with E-state index < -0.39 is 10.8 Å². The lowest BCUT2D eigenvalue weighted by molar-refractivity contribution is -0.385. The highest BCUT2D eigenvalue weighted by atomic mass is 16.6. The molecule has 0 aliphatic heterocycles. The Kier molecular flexibility index (Phi) is 6.76. The third kappa shape index (κ3) is 6.03. The van der Waals surface area contributed by atoms with Crippen LogP contribution in [0.25, 0.3) is 0 Å². The van der Waals surface area contributed by atoms with Gasteiger partial charge in [0.05, 0.1) is 11.1 Å². The molecular weight excluding hydrogens is 348 g/mol. The molecule has 0 fully saturated rings. The van der Waals surface area contributed by atoms with Gasteiger partial charge in [0, 0.05) is 35.7 Å². The van der Waals surface area contributed by atoms with Crippen LogP contribution >= 0.6 is 0 Å². The molecule has 0 radical (unpaired) electrons. The van der Waals surface area contributed by atoms with Crippen LogP contribution in [0.1, 0.15) is 29.5 Å². The number of aryl methyl sites for hydroxylation is 2. The second-order valence-electron chi connectivity index (χ2n) is 5.96. The molecule has 0 unspecified atom stereocenters. The van der Waals surface area contributed by atoms with Crippen LogP contribution in [-0.2, 0) is 9.59 Å². The fourth-order valence-corrected chi connectivity index (χ4v) is 2.29. The predicted molar refractivity (Wildman–Crippen MR) is 103 cm³/mol. The first-order valence-corrected chi connectivity index (χ1v) is 8.29. The fraction of sp³-hybridized carbons (Fsp3) is 0.211. The Labute approximate surface area is 156 Å². The van der Waals surface area contributed by atoms with E-state index in [1.54, 1.807) is 25.1 Å². The minimum absolute atomic E-state index is 0.0156. The third-order valence-corrected chi connectivity index (χ3v) is 3.83. The molecule has 0 saturated carbocycles. The first kappa shape index (κ1) is 19.8. The fourth-order valence-electron chi connectivity index (χ4n) is 2.29. The molecule has 0 aliphatic rings. The van der Waals surface area contributed by atoms with Crippen LogP contribution in [0.2, 0.25) is 0 Å². The second kappa shape index (κ2) is 9.23. The van der Waals surface area contributed by atoms with Crippen molar-refractivity contribution in [2.75, 3.05) is 5.32 Å². The van der Waals surface area contributed by atoms with E-state index in [4.69, 9.17) is 0 Å². The van der Waals surface area contributed by atoms with E-state index in [9.17, 15) is 19.7 Å². The summed E-state index contributed by atoms with van der Waals surface area (Å²) in [5.74, 6) is -0.689. The highest BCUT2D eigenvalue weighted by Crippen LogP contribution is 2.18. The number of hydrogen-bond donors (Lipinski definition) is 2. The molecule has 0 aromatic heterocycles. The lowest BCUT2D eigenvalue weighted by Crippen LogP contribution is -2.20. The molecule has 2 N–H and O–H groups in total. The van der Waals surface area contributed by atoms with Gasteiger partial charge in [-0.1, -0.05) is 30.3 Å². The van der Waals surface area contributed by atoms with Gasteiger partial charge in [0.2, 0.25) is 11.8 Å². The molecular formula is C19H20N4O4. The summed E-state index contributed by atoms with van der Waals surface area (Å²) in [6.07, 6.45) is 1.31. The van der Waals surface area contributed by atoms with Crippen molar-refractivity contribution in [3.05, 3.63) is 69.3 Å². The number of nitrogens with zero attached hydrogens (tertiary/aromatic N) is 2. The number of amides is 2. The quantitative estimate of drug-likeness (QED) is 0.444. The molecule has 27 heavy (non-hydrogen) atoms. The summed E-state index contributed by atoms with van der Waals surface area (Å²) in [7, 11) is 0. The van der Waals surface area contributed by atoms with Gasteiger partial charge in [-0.3, -0.25) is 19.7 Å². The molecule has 0 aliphatic carbocycles. The number of nitrogens with one attached hydrogen (secondary N) is 2. The maximum absolute atomic E-state index is 11.9. The van der Waals surface area contributed by atoms with Crippen LogP contribution in [0.15, 0.2) is 47.6 Å². The number of nitro groups is 1. The number of carbonyl (C=O) groups is 2. The summed E-state index contributed by atoms with van der Waals surface area (Å²) in [5.41, 5.74) is 4.97. The van der Waals surface area contributed by atoms with Gasteiger partial charge in [0.25, 0.3) is 5.69 Å². The van der Waals surface area contributed by atoms with Crippen LogP contribution in [0, 0.1) is 24.0 Å². The van der Waals surface area contributed by atoms with Crippen LogP contribution in [0.4, 0.5) is 11.4 Å². The molecule has 0 saturated heterocycles. The van der Waals surface area contributed by atoms with Gasteiger partial charge in [0.15, 0.2) is 0 Å². The molecule has 2 amide bonds. The third-order valence-electron chi connectivity index (χ3n) is 3.83. The monoisotopic (exact) mass is 368 g/mol. The second-order valence-corrected chi connectivity index (χ2v) is 5.96. The van der Waals surface area contributed by atoms with Crippen molar-refractivity contribution in [3.8, 4) is 0 Å². The Morgan fingerprint density at radius 2 is 1.78 bits per heavy atom. The molecule has 8 heteroatoms. The van der Waals surface area contributed by atoms with Crippen molar-refractivity contribution in [2.45, 2.75) is 26.7 Å². The van der Waals surface area contributed by atoms with E-state index in [1.807, 2.05) is 25.1 Å². The average Bonchev–Trinajstić information content (AvgIpc) is 2.63. The Morgan fingerprint density at radius 1 is 1.07 bits per heavy atom. The van der Waals surface area contributed by atoms with Crippen molar-refractivity contribution < 1.29 is 14.5 Å². The molecule has 8 nitrogen and oxygen atoms in total. The van der Waals surface area contributed by atoms with E-state index in [1.165, 1.54) is 12.3 Å². The van der Waals surface area contributed by atoms with Crippen molar-refractivity contribution in [3.63, 3.8) is 0 Å². The minimum atomic E-state index is -0.474. The van der Waals surface area contributed by atoms with Gasteiger partial charge in [-0.05, 0) is 25.5 Å². The van der Waals surface area contributed by atoms with Gasteiger partial charge >= 0.3 is 0 Å². The maximum atomic E-state index is 11.9. The molecule has 0 spiro atoms. The Balaban J connectivity index is 1.81. The first-order valence-electron chi connectivity index (χ1n) is 8.29. The number of rotatable bonds is 7. The van der Waals surface area contributed by atoms with E-state index in [0.29, 0.717) is 16.8 Å². The first-order chi connectivity index (χ1) is 12.9. The van der Waals surface area contributed by atoms with E-state index >= 15 is 0 Å². The molecule has 140 valence electrons. The summed E-state index contributed by atoms with van der Waals surface area (Å²) in [4.78, 5) is 34.1. The van der Waals surface area contributed by atoms with Gasteiger partial charge in [-0.25, -0.2) is 5.43 Å². The van der Waals surface area contributed by atoms with Crippen molar-refractivity contribution in [2.24, 2.45) is 5.10 Å². The number of hydrazone groups is 1. The SMILES string of the molecule is Cc1ccccc1NC(=O)CCC(=O)NN=Cc1ccc(C)c([N+](=O)[O-])c1. The summed E-state index contributed by atoms with van der Waals surface area (Å²) >= 11 is 0. The Morgan fingerprint density at radius 3 is 2.48 bits per heavy atom. The lowest BCUT2D eigenvalue weighted by atomic mass is 10.1. The number of benzene rings is 2. The summed E-state index contributed by atoms with van der Waals surface area (Å²) in [6, 6.07) is 12.0. The Bertz CT molecular complexity index is 893. The molecule has 2 aromatic carbocycles. The molecule has 2 aromatic rings. The number of anilines is 1. The maximum Gasteiger partial charge on any atom is 0.272 e.